The Bertz CT molecular complexity index is 1230. The molecule has 1 atom stereocenters. The second-order valence-electron chi connectivity index (χ2n) is 6.89. The van der Waals surface area contributed by atoms with Crippen LogP contribution in [0.15, 0.2) is 47.5 Å². The highest BCUT2D eigenvalue weighted by molar-refractivity contribution is 7.87. The van der Waals surface area contributed by atoms with Crippen LogP contribution in [0.25, 0.3) is 0 Å². The van der Waals surface area contributed by atoms with Gasteiger partial charge in [-0.3, -0.25) is 9.59 Å². The lowest BCUT2D eigenvalue weighted by Gasteiger charge is -2.14. The SMILES string of the molecule is COc1cc(CNS(=O)(=O)NC(CC(=O)O)C(=O)O)ccc1OC(=O)c1ccc(N=C(N)N)cc1. The van der Waals surface area contributed by atoms with Crippen molar-refractivity contribution < 1.29 is 42.5 Å². The Morgan fingerprint density at radius 2 is 1.71 bits per heavy atom. The summed E-state index contributed by atoms with van der Waals surface area (Å²) in [5, 5.41) is 17.7. The smallest absolute Gasteiger partial charge is 0.343 e. The zero-order valence-corrected chi connectivity index (χ0v) is 19.1. The van der Waals surface area contributed by atoms with Crippen molar-refractivity contribution >= 4 is 39.8 Å². The average Bonchev–Trinajstić information content (AvgIpc) is 2.77. The Kier molecular flexibility index (Phi) is 9.10. The van der Waals surface area contributed by atoms with Gasteiger partial charge in [-0.1, -0.05) is 6.07 Å². The van der Waals surface area contributed by atoms with Crippen LogP contribution in [0.3, 0.4) is 0 Å². The molecule has 0 radical (unpaired) electrons. The van der Waals surface area contributed by atoms with Crippen LogP contribution in [0.1, 0.15) is 22.3 Å². The predicted molar refractivity (Wildman–Crippen MR) is 122 cm³/mol. The minimum absolute atomic E-state index is 0.0583. The number of aliphatic imine (C=N–C) groups is 1. The Labute approximate surface area is 199 Å². The van der Waals surface area contributed by atoms with Crippen LogP contribution < -0.4 is 30.4 Å². The Morgan fingerprint density at radius 3 is 2.26 bits per heavy atom. The maximum atomic E-state index is 12.4. The number of methoxy groups -OCH3 is 1. The van der Waals surface area contributed by atoms with Gasteiger partial charge in [-0.2, -0.15) is 17.9 Å². The van der Waals surface area contributed by atoms with Crippen molar-refractivity contribution in [2.75, 3.05) is 7.11 Å². The largest absolute Gasteiger partial charge is 0.493 e. The van der Waals surface area contributed by atoms with Gasteiger partial charge < -0.3 is 31.2 Å². The van der Waals surface area contributed by atoms with E-state index in [1.165, 1.54) is 49.6 Å². The fourth-order valence-electron chi connectivity index (χ4n) is 2.65. The van der Waals surface area contributed by atoms with Crippen LogP contribution in [0.5, 0.6) is 11.5 Å². The first-order chi connectivity index (χ1) is 16.4. The van der Waals surface area contributed by atoms with E-state index in [1.54, 1.807) is 4.72 Å². The van der Waals surface area contributed by atoms with Gasteiger partial charge in [0.15, 0.2) is 17.5 Å². The quantitative estimate of drug-likeness (QED) is 0.0938. The van der Waals surface area contributed by atoms with Gasteiger partial charge >= 0.3 is 17.9 Å². The predicted octanol–water partition coefficient (Wildman–Crippen LogP) is -0.329. The van der Waals surface area contributed by atoms with Gasteiger partial charge in [-0.05, 0) is 42.0 Å². The first kappa shape index (κ1) is 27.0. The number of hydrogen-bond acceptors (Lipinski definition) is 8. The summed E-state index contributed by atoms with van der Waals surface area (Å²) in [5.41, 5.74) is 11.6. The fraction of sp³-hybridized carbons (Fsp3) is 0.200. The molecule has 35 heavy (non-hydrogen) atoms. The highest BCUT2D eigenvalue weighted by atomic mass is 32.2. The van der Waals surface area contributed by atoms with Crippen molar-refractivity contribution in [3.05, 3.63) is 53.6 Å². The Hall–Kier alpha value is -4.21. The summed E-state index contributed by atoms with van der Waals surface area (Å²) in [7, 11) is -3.05. The minimum Gasteiger partial charge on any atom is -0.493 e. The number of esters is 1. The molecule has 0 amide bonds. The van der Waals surface area contributed by atoms with E-state index in [9.17, 15) is 22.8 Å². The van der Waals surface area contributed by atoms with E-state index in [1.807, 2.05) is 0 Å². The van der Waals surface area contributed by atoms with Crippen LogP contribution in [0, 0.1) is 0 Å². The van der Waals surface area contributed by atoms with Gasteiger partial charge in [0.25, 0.3) is 10.2 Å². The molecule has 0 aromatic heterocycles. The number of aliphatic carboxylic acids is 2. The van der Waals surface area contributed by atoms with Gasteiger partial charge in [-0.15, -0.1) is 0 Å². The summed E-state index contributed by atoms with van der Waals surface area (Å²) in [6.07, 6.45) is -0.943. The van der Waals surface area contributed by atoms with Crippen molar-refractivity contribution in [3.8, 4) is 11.5 Å². The summed E-state index contributed by atoms with van der Waals surface area (Å²) in [6, 6.07) is 8.33. The first-order valence-electron chi connectivity index (χ1n) is 9.70. The molecule has 0 bridgehead atoms. The van der Waals surface area contributed by atoms with Crippen LogP contribution in [-0.2, 0) is 26.3 Å². The summed E-state index contributed by atoms with van der Waals surface area (Å²) < 4.78 is 38.6. The number of carbonyl (C=O) groups excluding carboxylic acids is 1. The molecule has 0 fully saturated rings. The summed E-state index contributed by atoms with van der Waals surface area (Å²) >= 11 is 0. The number of carboxylic acid groups (broad SMARTS) is 2. The van der Waals surface area contributed by atoms with E-state index in [0.717, 1.165) is 0 Å². The molecule has 2 rings (SSSR count). The van der Waals surface area contributed by atoms with Crippen LogP contribution in [-0.4, -0.2) is 55.6 Å². The molecule has 0 aliphatic carbocycles. The summed E-state index contributed by atoms with van der Waals surface area (Å²) in [5.74, 6) is -3.78. The van der Waals surface area contributed by atoms with Gasteiger partial charge in [-0.25, -0.2) is 9.79 Å². The molecule has 0 aliphatic rings. The van der Waals surface area contributed by atoms with Crippen molar-refractivity contribution in [1.82, 2.24) is 9.44 Å². The molecule has 2 aromatic carbocycles. The second kappa shape index (κ2) is 11.8. The molecule has 0 heterocycles. The lowest BCUT2D eigenvalue weighted by atomic mass is 10.2. The first-order valence-corrected chi connectivity index (χ1v) is 11.2. The topological polar surface area (TPSA) is 233 Å². The molecule has 1 unspecified atom stereocenters. The van der Waals surface area contributed by atoms with Crippen molar-refractivity contribution in [2.45, 2.75) is 19.0 Å². The van der Waals surface area contributed by atoms with Crippen LogP contribution in [0.2, 0.25) is 0 Å². The fourth-order valence-corrected chi connectivity index (χ4v) is 3.65. The number of rotatable bonds is 12. The highest BCUT2D eigenvalue weighted by Gasteiger charge is 2.26. The Morgan fingerprint density at radius 1 is 1.06 bits per heavy atom. The molecule has 15 heteroatoms. The zero-order valence-electron chi connectivity index (χ0n) is 18.3. The van der Waals surface area contributed by atoms with E-state index in [-0.39, 0.29) is 29.6 Å². The monoisotopic (exact) mass is 509 g/mol. The number of carbonyl (C=O) groups is 3. The van der Waals surface area contributed by atoms with E-state index in [2.05, 4.69) is 9.71 Å². The van der Waals surface area contributed by atoms with E-state index < -0.39 is 40.6 Å². The second-order valence-corrected chi connectivity index (χ2v) is 8.42. The Balaban J connectivity index is 2.07. The average molecular weight is 509 g/mol. The third-order valence-corrected chi connectivity index (χ3v) is 5.35. The number of benzene rings is 2. The van der Waals surface area contributed by atoms with Gasteiger partial charge in [0, 0.05) is 6.54 Å². The molecule has 8 N–H and O–H groups in total. The number of carboxylic acids is 2. The van der Waals surface area contributed by atoms with Crippen LogP contribution >= 0.6 is 0 Å². The molecule has 0 aliphatic heterocycles. The molecule has 0 saturated carbocycles. The minimum atomic E-state index is -4.36. The molecule has 0 spiro atoms. The molecule has 0 saturated heterocycles. The molecular weight excluding hydrogens is 486 g/mol. The zero-order chi connectivity index (χ0) is 26.2. The molecule has 14 nitrogen and oxygen atoms in total. The van der Waals surface area contributed by atoms with E-state index in [0.29, 0.717) is 11.3 Å². The number of hydrogen-bond donors (Lipinski definition) is 6. The maximum Gasteiger partial charge on any atom is 0.343 e. The molecular formula is C20H23N5O9S. The summed E-state index contributed by atoms with van der Waals surface area (Å²) in [4.78, 5) is 38.1. The number of nitrogens with zero attached hydrogens (tertiary/aromatic N) is 1. The van der Waals surface area contributed by atoms with Crippen LogP contribution in [0.4, 0.5) is 5.69 Å². The van der Waals surface area contributed by atoms with Gasteiger partial charge in [0.1, 0.15) is 6.04 Å². The number of nitrogens with one attached hydrogen (secondary N) is 2. The molecule has 188 valence electrons. The third-order valence-electron chi connectivity index (χ3n) is 4.23. The maximum absolute atomic E-state index is 12.4. The summed E-state index contributed by atoms with van der Waals surface area (Å²) in [6.45, 7) is -0.300. The lowest BCUT2D eigenvalue weighted by Crippen LogP contribution is -2.47. The standard InChI is InChI=1S/C20H23N5O9S/c1-33-16-8-11(10-23-35(31,32)25-14(18(28)29)9-17(26)27)2-7-15(16)34-19(30)12-3-5-13(6-4-12)24-20(21)22/h2-8,14,23,25H,9-10H2,1H3,(H,26,27)(H,28,29)(H4,21,22,24). The highest BCUT2D eigenvalue weighted by Crippen LogP contribution is 2.29. The van der Waals surface area contributed by atoms with E-state index in [4.69, 9.17) is 31.2 Å². The van der Waals surface area contributed by atoms with Gasteiger partial charge in [0.05, 0.1) is 24.8 Å². The molecule has 2 aromatic rings. The number of guanidine groups is 1. The third kappa shape index (κ3) is 8.58. The number of ether oxygens (including phenoxy) is 2. The number of nitrogens with two attached hydrogens (primary N) is 2. The lowest BCUT2D eigenvalue weighted by molar-refractivity contribution is -0.145. The van der Waals surface area contributed by atoms with Gasteiger partial charge in [0.2, 0.25) is 0 Å². The van der Waals surface area contributed by atoms with Crippen molar-refractivity contribution in [1.29, 1.82) is 0 Å². The van der Waals surface area contributed by atoms with Crippen molar-refractivity contribution in [3.63, 3.8) is 0 Å². The van der Waals surface area contributed by atoms with Crippen molar-refractivity contribution in [2.24, 2.45) is 16.5 Å². The normalized spacial score (nSPS) is 11.8. The van der Waals surface area contributed by atoms with E-state index >= 15 is 0 Å².